The normalized spacial score (nSPS) is 11.2. The van der Waals surface area contributed by atoms with E-state index in [4.69, 9.17) is 14.2 Å². The summed E-state index contributed by atoms with van der Waals surface area (Å²) in [6, 6.07) is 23.4. The molecule has 0 fully saturated rings. The van der Waals surface area contributed by atoms with E-state index in [0.29, 0.717) is 36.2 Å². The molecular formula is C33H34N4O4. The van der Waals surface area contributed by atoms with Crippen LogP contribution in [0.15, 0.2) is 86.9 Å². The molecule has 5 aromatic rings. The third kappa shape index (κ3) is 6.22. The number of rotatable bonds is 10. The lowest BCUT2D eigenvalue weighted by Crippen LogP contribution is -2.28. The van der Waals surface area contributed by atoms with E-state index in [2.05, 4.69) is 30.9 Å². The number of aryl methyl sites for hydroxylation is 2. The van der Waals surface area contributed by atoms with Gasteiger partial charge in [0.25, 0.3) is 5.56 Å². The number of H-pyrrole nitrogens is 1. The van der Waals surface area contributed by atoms with Gasteiger partial charge >= 0.3 is 5.76 Å². The fraction of sp³-hybridized carbons (Fsp3) is 0.273. The molecule has 210 valence electrons. The molecule has 0 saturated heterocycles. The summed E-state index contributed by atoms with van der Waals surface area (Å²) in [6.45, 7) is 8.82. The first-order valence-corrected chi connectivity index (χ1v) is 13.9. The number of benzene rings is 3. The molecule has 0 atom stereocenters. The molecule has 0 aliphatic carbocycles. The zero-order valence-corrected chi connectivity index (χ0v) is 23.8. The molecule has 0 saturated carbocycles. The molecule has 0 aliphatic rings. The molecule has 41 heavy (non-hydrogen) atoms. The molecule has 0 bridgehead atoms. The lowest BCUT2D eigenvalue weighted by atomic mass is 9.96. The highest BCUT2D eigenvalue weighted by Crippen LogP contribution is 2.30. The van der Waals surface area contributed by atoms with Crippen LogP contribution >= 0.6 is 0 Å². The molecule has 0 unspecified atom stereocenters. The summed E-state index contributed by atoms with van der Waals surface area (Å²) >= 11 is 0. The van der Waals surface area contributed by atoms with Crippen LogP contribution in [0.5, 0.6) is 5.75 Å². The fourth-order valence-electron chi connectivity index (χ4n) is 4.89. The minimum Gasteiger partial charge on any atom is -0.493 e. The SMILES string of the molecule is CCCc1nc(C)n(-c2ccc(OCC(C)C)cc2)c(=O)c1Cc1ccc(-c2ccccc2-c2noc(=O)[nH]2)cc1. The Morgan fingerprint density at radius 3 is 2.29 bits per heavy atom. The van der Waals surface area contributed by atoms with Crippen LogP contribution in [-0.4, -0.2) is 26.3 Å². The smallest absolute Gasteiger partial charge is 0.439 e. The van der Waals surface area contributed by atoms with Crippen LogP contribution in [0.1, 0.15) is 49.8 Å². The summed E-state index contributed by atoms with van der Waals surface area (Å²) in [4.78, 5) is 32.9. The van der Waals surface area contributed by atoms with Gasteiger partial charge < -0.3 is 4.74 Å². The van der Waals surface area contributed by atoms with Gasteiger partial charge in [0.2, 0.25) is 0 Å². The maximum atomic E-state index is 13.9. The number of ether oxygens (including phenoxy) is 1. The lowest BCUT2D eigenvalue weighted by molar-refractivity contribution is 0.271. The molecule has 0 spiro atoms. The number of hydrogen-bond acceptors (Lipinski definition) is 6. The van der Waals surface area contributed by atoms with E-state index in [0.717, 1.165) is 52.2 Å². The van der Waals surface area contributed by atoms with Gasteiger partial charge in [-0.15, -0.1) is 0 Å². The van der Waals surface area contributed by atoms with Gasteiger partial charge in [0, 0.05) is 17.5 Å². The predicted molar refractivity (Wildman–Crippen MR) is 160 cm³/mol. The third-order valence-corrected chi connectivity index (χ3v) is 6.86. The number of nitrogens with zero attached hydrogens (tertiary/aromatic N) is 3. The van der Waals surface area contributed by atoms with Gasteiger partial charge in [-0.2, -0.15) is 0 Å². The van der Waals surface area contributed by atoms with E-state index in [9.17, 15) is 9.59 Å². The van der Waals surface area contributed by atoms with Crippen molar-refractivity contribution in [1.29, 1.82) is 0 Å². The average Bonchev–Trinajstić information content (AvgIpc) is 3.41. The molecule has 8 nitrogen and oxygen atoms in total. The Balaban J connectivity index is 1.46. The molecule has 3 aromatic carbocycles. The molecule has 0 aliphatic heterocycles. The Kier molecular flexibility index (Phi) is 8.29. The van der Waals surface area contributed by atoms with Crippen molar-refractivity contribution in [1.82, 2.24) is 19.7 Å². The zero-order valence-electron chi connectivity index (χ0n) is 23.8. The van der Waals surface area contributed by atoms with Crippen molar-refractivity contribution in [3.63, 3.8) is 0 Å². The summed E-state index contributed by atoms with van der Waals surface area (Å²) in [5, 5.41) is 3.85. The van der Waals surface area contributed by atoms with Crippen molar-refractivity contribution < 1.29 is 9.26 Å². The van der Waals surface area contributed by atoms with E-state index in [1.54, 1.807) is 4.57 Å². The van der Waals surface area contributed by atoms with Gasteiger partial charge in [-0.25, -0.2) is 9.78 Å². The molecular weight excluding hydrogens is 516 g/mol. The van der Waals surface area contributed by atoms with Crippen molar-refractivity contribution in [3.05, 3.63) is 116 Å². The Labute approximate surface area is 238 Å². The van der Waals surface area contributed by atoms with Crippen LogP contribution in [0.25, 0.3) is 28.2 Å². The van der Waals surface area contributed by atoms with Gasteiger partial charge in [0.15, 0.2) is 5.82 Å². The van der Waals surface area contributed by atoms with E-state index < -0.39 is 5.76 Å². The molecule has 0 amide bonds. The highest BCUT2D eigenvalue weighted by molar-refractivity contribution is 5.80. The van der Waals surface area contributed by atoms with Crippen LogP contribution in [0.3, 0.4) is 0 Å². The standard InChI is InChI=1S/C33H34N4O4/c1-5-8-30-29(32(38)37(22(4)34-30)25-15-17-26(18-16-25)40-20-21(2)3)19-23-11-13-24(14-12-23)27-9-6-7-10-28(27)31-35-33(39)41-36-31/h6-7,9-18,21H,5,8,19-20H2,1-4H3,(H,35,36,39). The summed E-state index contributed by atoms with van der Waals surface area (Å²) in [5.74, 6) is 1.65. The lowest BCUT2D eigenvalue weighted by Gasteiger charge is -2.16. The summed E-state index contributed by atoms with van der Waals surface area (Å²) in [6.07, 6.45) is 2.09. The fourth-order valence-corrected chi connectivity index (χ4v) is 4.89. The molecule has 5 rings (SSSR count). The highest BCUT2D eigenvalue weighted by atomic mass is 16.5. The maximum Gasteiger partial charge on any atom is 0.439 e. The van der Waals surface area contributed by atoms with Crippen molar-refractivity contribution in [2.75, 3.05) is 6.61 Å². The molecule has 1 N–H and O–H groups in total. The summed E-state index contributed by atoms with van der Waals surface area (Å²) in [7, 11) is 0. The topological polar surface area (TPSA) is 103 Å². The largest absolute Gasteiger partial charge is 0.493 e. The van der Waals surface area contributed by atoms with E-state index in [1.165, 1.54) is 0 Å². The van der Waals surface area contributed by atoms with Crippen LogP contribution in [0.2, 0.25) is 0 Å². The first kappa shape index (κ1) is 27.8. The number of nitrogens with one attached hydrogen (secondary N) is 1. The maximum absolute atomic E-state index is 13.9. The van der Waals surface area contributed by atoms with Crippen LogP contribution in [-0.2, 0) is 12.8 Å². The first-order valence-electron chi connectivity index (χ1n) is 13.9. The van der Waals surface area contributed by atoms with Gasteiger partial charge in [0.05, 0.1) is 18.0 Å². The van der Waals surface area contributed by atoms with Gasteiger partial charge in [-0.3, -0.25) is 18.9 Å². The van der Waals surface area contributed by atoms with Crippen molar-refractivity contribution in [3.8, 4) is 34.0 Å². The number of aromatic amines is 1. The second-order valence-corrected chi connectivity index (χ2v) is 10.5. The minimum atomic E-state index is -0.596. The quantitative estimate of drug-likeness (QED) is 0.224. The van der Waals surface area contributed by atoms with Crippen LogP contribution in [0, 0.1) is 12.8 Å². The predicted octanol–water partition coefficient (Wildman–Crippen LogP) is 6.13. The first-order chi connectivity index (χ1) is 19.8. The van der Waals surface area contributed by atoms with Gasteiger partial charge in [-0.05, 0) is 60.2 Å². The minimum absolute atomic E-state index is 0.0544. The third-order valence-electron chi connectivity index (χ3n) is 6.86. The van der Waals surface area contributed by atoms with Crippen molar-refractivity contribution in [2.24, 2.45) is 5.92 Å². The second-order valence-electron chi connectivity index (χ2n) is 10.5. The molecule has 0 radical (unpaired) electrons. The molecule has 8 heteroatoms. The van der Waals surface area contributed by atoms with E-state index in [-0.39, 0.29) is 5.56 Å². The molecule has 2 aromatic heterocycles. The monoisotopic (exact) mass is 550 g/mol. The van der Waals surface area contributed by atoms with Crippen molar-refractivity contribution >= 4 is 0 Å². The molecule has 2 heterocycles. The van der Waals surface area contributed by atoms with Gasteiger partial charge in [0.1, 0.15) is 11.6 Å². The second kappa shape index (κ2) is 12.2. The summed E-state index contributed by atoms with van der Waals surface area (Å²) in [5.41, 5.74) is 5.89. The summed E-state index contributed by atoms with van der Waals surface area (Å²) < 4.78 is 12.2. The number of hydrogen-bond donors (Lipinski definition) is 1. The van der Waals surface area contributed by atoms with E-state index >= 15 is 0 Å². The van der Waals surface area contributed by atoms with E-state index in [1.807, 2.05) is 79.7 Å². The Morgan fingerprint density at radius 1 is 0.951 bits per heavy atom. The van der Waals surface area contributed by atoms with Crippen LogP contribution in [0.4, 0.5) is 0 Å². The Morgan fingerprint density at radius 2 is 1.66 bits per heavy atom. The Hall–Kier alpha value is -4.72. The van der Waals surface area contributed by atoms with Crippen LogP contribution < -0.4 is 16.1 Å². The zero-order chi connectivity index (χ0) is 28.9. The highest BCUT2D eigenvalue weighted by Gasteiger charge is 2.17. The number of aromatic nitrogens is 4. The van der Waals surface area contributed by atoms with Crippen molar-refractivity contribution in [2.45, 2.75) is 47.0 Å². The Bertz CT molecular complexity index is 1750. The average molecular weight is 551 g/mol. The van der Waals surface area contributed by atoms with Gasteiger partial charge in [-0.1, -0.05) is 80.9 Å².